The molecule has 0 aliphatic carbocycles. The SMILES string of the molecule is CCNC(C)c1ccc(-c2ccc3cccnc3c2)cc1. The van der Waals surface area contributed by atoms with Crippen molar-refractivity contribution in [1.82, 2.24) is 10.3 Å². The molecule has 3 rings (SSSR count). The van der Waals surface area contributed by atoms with E-state index in [1.54, 1.807) is 0 Å². The molecule has 2 nitrogen and oxygen atoms in total. The van der Waals surface area contributed by atoms with Crippen LogP contribution < -0.4 is 5.32 Å². The van der Waals surface area contributed by atoms with Crippen molar-refractivity contribution in [1.29, 1.82) is 0 Å². The van der Waals surface area contributed by atoms with Crippen LogP contribution in [0.25, 0.3) is 22.0 Å². The molecular weight excluding hydrogens is 256 g/mol. The van der Waals surface area contributed by atoms with Crippen molar-refractivity contribution in [3.05, 3.63) is 66.4 Å². The van der Waals surface area contributed by atoms with Gasteiger partial charge in [0.05, 0.1) is 5.52 Å². The Morgan fingerprint density at radius 1 is 1.00 bits per heavy atom. The molecule has 1 aromatic heterocycles. The smallest absolute Gasteiger partial charge is 0.0708 e. The maximum Gasteiger partial charge on any atom is 0.0708 e. The second kappa shape index (κ2) is 6.06. The number of hydrogen-bond acceptors (Lipinski definition) is 2. The van der Waals surface area contributed by atoms with Gasteiger partial charge in [0.1, 0.15) is 0 Å². The average Bonchev–Trinajstić information content (AvgIpc) is 2.55. The van der Waals surface area contributed by atoms with Gasteiger partial charge in [-0.3, -0.25) is 4.98 Å². The van der Waals surface area contributed by atoms with Crippen LogP contribution >= 0.6 is 0 Å². The minimum Gasteiger partial charge on any atom is -0.310 e. The fourth-order valence-electron chi connectivity index (χ4n) is 2.63. The Labute approximate surface area is 125 Å². The standard InChI is InChI=1S/C19H20N2/c1-3-20-14(2)15-6-8-16(9-7-15)18-11-10-17-5-4-12-21-19(17)13-18/h4-14,20H,3H2,1-2H3. The molecule has 0 aliphatic rings. The highest BCUT2D eigenvalue weighted by Crippen LogP contribution is 2.25. The average molecular weight is 276 g/mol. The number of nitrogens with one attached hydrogen (secondary N) is 1. The molecule has 1 unspecified atom stereocenters. The predicted octanol–water partition coefficient (Wildman–Crippen LogP) is 4.57. The van der Waals surface area contributed by atoms with Gasteiger partial charge >= 0.3 is 0 Å². The van der Waals surface area contributed by atoms with E-state index >= 15 is 0 Å². The molecule has 0 bridgehead atoms. The number of fused-ring (bicyclic) bond motifs is 1. The molecule has 0 amide bonds. The summed E-state index contributed by atoms with van der Waals surface area (Å²) in [5.41, 5.74) is 4.80. The molecule has 2 heteroatoms. The van der Waals surface area contributed by atoms with Crippen molar-refractivity contribution < 1.29 is 0 Å². The fourth-order valence-corrected chi connectivity index (χ4v) is 2.63. The van der Waals surface area contributed by atoms with Crippen LogP contribution in [0, 0.1) is 0 Å². The summed E-state index contributed by atoms with van der Waals surface area (Å²) in [6.07, 6.45) is 1.84. The Morgan fingerprint density at radius 2 is 1.76 bits per heavy atom. The third-order valence-electron chi connectivity index (χ3n) is 3.86. The molecule has 2 aromatic carbocycles. The van der Waals surface area contributed by atoms with E-state index < -0.39 is 0 Å². The first-order chi connectivity index (χ1) is 10.3. The van der Waals surface area contributed by atoms with Crippen molar-refractivity contribution in [3.8, 4) is 11.1 Å². The Bertz CT molecular complexity index is 732. The van der Waals surface area contributed by atoms with Crippen molar-refractivity contribution in [3.63, 3.8) is 0 Å². The summed E-state index contributed by atoms with van der Waals surface area (Å²) < 4.78 is 0. The Morgan fingerprint density at radius 3 is 2.52 bits per heavy atom. The molecule has 106 valence electrons. The van der Waals surface area contributed by atoms with E-state index in [-0.39, 0.29) is 0 Å². The van der Waals surface area contributed by atoms with Crippen LogP contribution in [0.1, 0.15) is 25.5 Å². The number of nitrogens with zero attached hydrogens (tertiary/aromatic N) is 1. The highest BCUT2D eigenvalue weighted by atomic mass is 14.9. The van der Waals surface area contributed by atoms with E-state index in [2.05, 4.69) is 72.7 Å². The maximum atomic E-state index is 4.43. The van der Waals surface area contributed by atoms with E-state index in [0.717, 1.165) is 12.1 Å². The summed E-state index contributed by atoms with van der Waals surface area (Å²) in [6.45, 7) is 5.31. The summed E-state index contributed by atoms with van der Waals surface area (Å²) in [5.74, 6) is 0. The highest BCUT2D eigenvalue weighted by Gasteiger charge is 2.05. The van der Waals surface area contributed by atoms with Gasteiger partial charge in [-0.15, -0.1) is 0 Å². The zero-order valence-electron chi connectivity index (χ0n) is 12.5. The van der Waals surface area contributed by atoms with Crippen LogP contribution in [0.4, 0.5) is 0 Å². The van der Waals surface area contributed by atoms with E-state index in [1.807, 2.05) is 12.3 Å². The van der Waals surface area contributed by atoms with E-state index in [1.165, 1.54) is 22.1 Å². The quantitative estimate of drug-likeness (QED) is 0.755. The second-order valence-corrected chi connectivity index (χ2v) is 5.31. The normalized spacial score (nSPS) is 12.5. The van der Waals surface area contributed by atoms with Gasteiger partial charge in [0.2, 0.25) is 0 Å². The summed E-state index contributed by atoms with van der Waals surface area (Å²) in [7, 11) is 0. The molecule has 0 spiro atoms. The number of rotatable bonds is 4. The van der Waals surface area contributed by atoms with Crippen LogP contribution in [-0.4, -0.2) is 11.5 Å². The van der Waals surface area contributed by atoms with Crippen LogP contribution in [0.15, 0.2) is 60.8 Å². The van der Waals surface area contributed by atoms with Gasteiger partial charge in [0, 0.05) is 17.6 Å². The zero-order valence-corrected chi connectivity index (χ0v) is 12.5. The lowest BCUT2D eigenvalue weighted by Gasteiger charge is -2.13. The first-order valence-corrected chi connectivity index (χ1v) is 7.46. The molecule has 0 radical (unpaired) electrons. The molecule has 1 N–H and O–H groups in total. The number of benzene rings is 2. The van der Waals surface area contributed by atoms with Gasteiger partial charge in [-0.25, -0.2) is 0 Å². The molecule has 1 atom stereocenters. The topological polar surface area (TPSA) is 24.9 Å². The molecular formula is C19H20N2. The Balaban J connectivity index is 1.91. The van der Waals surface area contributed by atoms with Crippen LogP contribution in [0.5, 0.6) is 0 Å². The lowest BCUT2D eigenvalue weighted by Crippen LogP contribution is -2.17. The molecule has 1 heterocycles. The largest absolute Gasteiger partial charge is 0.310 e. The first kappa shape index (κ1) is 13.8. The van der Waals surface area contributed by atoms with Gasteiger partial charge in [-0.05, 0) is 42.3 Å². The second-order valence-electron chi connectivity index (χ2n) is 5.31. The van der Waals surface area contributed by atoms with Gasteiger partial charge < -0.3 is 5.32 Å². The summed E-state index contributed by atoms with van der Waals surface area (Å²) in [4.78, 5) is 4.43. The predicted molar refractivity (Wildman–Crippen MR) is 89.3 cm³/mol. The Kier molecular flexibility index (Phi) is 3.98. The van der Waals surface area contributed by atoms with Crippen LogP contribution in [0.2, 0.25) is 0 Å². The number of pyridine rings is 1. The Hall–Kier alpha value is -2.19. The summed E-state index contributed by atoms with van der Waals surface area (Å²) >= 11 is 0. The first-order valence-electron chi connectivity index (χ1n) is 7.46. The van der Waals surface area contributed by atoms with E-state index in [0.29, 0.717) is 6.04 Å². The van der Waals surface area contributed by atoms with Crippen molar-refractivity contribution in [2.75, 3.05) is 6.54 Å². The number of hydrogen-bond donors (Lipinski definition) is 1. The van der Waals surface area contributed by atoms with Crippen molar-refractivity contribution in [2.45, 2.75) is 19.9 Å². The van der Waals surface area contributed by atoms with Crippen molar-refractivity contribution in [2.24, 2.45) is 0 Å². The molecule has 21 heavy (non-hydrogen) atoms. The third-order valence-corrected chi connectivity index (χ3v) is 3.86. The van der Waals surface area contributed by atoms with Crippen LogP contribution in [0.3, 0.4) is 0 Å². The van der Waals surface area contributed by atoms with Crippen LogP contribution in [-0.2, 0) is 0 Å². The molecule has 0 saturated carbocycles. The molecule has 0 fully saturated rings. The minimum atomic E-state index is 0.391. The lowest BCUT2D eigenvalue weighted by molar-refractivity contribution is 0.598. The zero-order chi connectivity index (χ0) is 14.7. The summed E-state index contributed by atoms with van der Waals surface area (Å²) in [5, 5.41) is 4.61. The highest BCUT2D eigenvalue weighted by molar-refractivity contribution is 5.84. The van der Waals surface area contributed by atoms with Gasteiger partial charge in [-0.2, -0.15) is 0 Å². The monoisotopic (exact) mass is 276 g/mol. The van der Waals surface area contributed by atoms with Gasteiger partial charge in [0.15, 0.2) is 0 Å². The van der Waals surface area contributed by atoms with E-state index in [4.69, 9.17) is 0 Å². The minimum absolute atomic E-state index is 0.391. The van der Waals surface area contributed by atoms with Gasteiger partial charge in [-0.1, -0.05) is 49.4 Å². The lowest BCUT2D eigenvalue weighted by atomic mass is 10.0. The molecule has 0 aliphatic heterocycles. The maximum absolute atomic E-state index is 4.43. The fraction of sp³-hybridized carbons (Fsp3) is 0.211. The molecule has 0 saturated heterocycles. The van der Waals surface area contributed by atoms with Gasteiger partial charge in [0.25, 0.3) is 0 Å². The third kappa shape index (κ3) is 2.96. The van der Waals surface area contributed by atoms with E-state index in [9.17, 15) is 0 Å². The van der Waals surface area contributed by atoms with Crippen molar-refractivity contribution >= 4 is 10.9 Å². The molecule has 3 aromatic rings. The summed E-state index contributed by atoms with van der Waals surface area (Å²) in [6, 6.07) is 19.7. The number of aromatic nitrogens is 1.